The summed E-state index contributed by atoms with van der Waals surface area (Å²) in [5, 5.41) is 6.65. The second kappa shape index (κ2) is 11.8. The standard InChI is InChI=1S/C17H29N3OS.HI/c1-6-18-16(19-10-11-22-5)20-13-17(2,3)14-8-7-9-15(12-14)21-4;/h7-9,12H,6,10-11,13H2,1-5H3,(H2,18,19,20);1H. The number of thioether (sulfide) groups is 1. The Bertz CT molecular complexity index is 481. The minimum absolute atomic E-state index is 0. The Morgan fingerprint density at radius 3 is 2.65 bits per heavy atom. The van der Waals surface area contributed by atoms with Crippen molar-refractivity contribution in [2.75, 3.05) is 38.8 Å². The van der Waals surface area contributed by atoms with E-state index in [2.05, 4.69) is 49.8 Å². The number of nitrogens with one attached hydrogen (secondary N) is 2. The van der Waals surface area contributed by atoms with Gasteiger partial charge >= 0.3 is 0 Å². The van der Waals surface area contributed by atoms with Gasteiger partial charge in [-0.15, -0.1) is 24.0 Å². The first-order chi connectivity index (χ1) is 10.5. The minimum atomic E-state index is -0.0452. The van der Waals surface area contributed by atoms with Gasteiger partial charge in [-0.25, -0.2) is 0 Å². The summed E-state index contributed by atoms with van der Waals surface area (Å²) in [5.41, 5.74) is 1.19. The third-order valence-corrected chi connectivity index (χ3v) is 4.04. The van der Waals surface area contributed by atoms with Gasteiger partial charge < -0.3 is 15.4 Å². The number of halogens is 1. The van der Waals surface area contributed by atoms with Gasteiger partial charge in [-0.2, -0.15) is 11.8 Å². The second-order valence-corrected chi connectivity index (χ2v) is 6.72. The Labute approximate surface area is 162 Å². The molecule has 0 amide bonds. The summed E-state index contributed by atoms with van der Waals surface area (Å²) >= 11 is 1.83. The highest BCUT2D eigenvalue weighted by atomic mass is 127. The molecule has 0 unspecified atom stereocenters. The van der Waals surface area contributed by atoms with Crippen LogP contribution in [0.4, 0.5) is 0 Å². The summed E-state index contributed by atoms with van der Waals surface area (Å²) in [6, 6.07) is 8.22. The van der Waals surface area contributed by atoms with Gasteiger partial charge in [-0.05, 0) is 30.9 Å². The van der Waals surface area contributed by atoms with Crippen LogP contribution in [0.15, 0.2) is 29.3 Å². The predicted molar refractivity (Wildman–Crippen MR) is 114 cm³/mol. The molecule has 0 fully saturated rings. The van der Waals surface area contributed by atoms with E-state index in [9.17, 15) is 0 Å². The summed E-state index contributed by atoms with van der Waals surface area (Å²) in [6.07, 6.45) is 2.11. The van der Waals surface area contributed by atoms with Crippen LogP contribution in [-0.2, 0) is 5.41 Å². The zero-order valence-corrected chi connectivity index (χ0v) is 18.0. The molecule has 0 atom stereocenters. The summed E-state index contributed by atoms with van der Waals surface area (Å²) < 4.78 is 5.32. The Morgan fingerprint density at radius 2 is 2.04 bits per heavy atom. The number of hydrogen-bond acceptors (Lipinski definition) is 3. The van der Waals surface area contributed by atoms with Crippen molar-refractivity contribution in [3.63, 3.8) is 0 Å². The van der Waals surface area contributed by atoms with Gasteiger partial charge in [0.2, 0.25) is 0 Å². The summed E-state index contributed by atoms with van der Waals surface area (Å²) in [6.45, 7) is 9.00. The van der Waals surface area contributed by atoms with E-state index in [4.69, 9.17) is 9.73 Å². The molecule has 23 heavy (non-hydrogen) atoms. The fraction of sp³-hybridized carbons (Fsp3) is 0.588. The Balaban J connectivity index is 0.00000484. The van der Waals surface area contributed by atoms with E-state index < -0.39 is 0 Å². The first-order valence-corrected chi connectivity index (χ1v) is 9.08. The van der Waals surface area contributed by atoms with Crippen LogP contribution in [0.1, 0.15) is 26.3 Å². The number of aliphatic imine (C=N–C) groups is 1. The van der Waals surface area contributed by atoms with Gasteiger partial charge in [0.1, 0.15) is 5.75 Å². The van der Waals surface area contributed by atoms with Gasteiger partial charge in [0.05, 0.1) is 13.7 Å². The van der Waals surface area contributed by atoms with E-state index in [0.717, 1.165) is 37.1 Å². The predicted octanol–water partition coefficient (Wildman–Crippen LogP) is 3.51. The van der Waals surface area contributed by atoms with Crippen molar-refractivity contribution >= 4 is 41.7 Å². The molecular weight excluding hydrogens is 421 g/mol. The smallest absolute Gasteiger partial charge is 0.191 e. The van der Waals surface area contributed by atoms with Crippen LogP contribution in [0.5, 0.6) is 5.75 Å². The number of nitrogens with zero attached hydrogens (tertiary/aromatic N) is 1. The van der Waals surface area contributed by atoms with E-state index in [1.165, 1.54) is 5.56 Å². The molecule has 0 saturated carbocycles. The van der Waals surface area contributed by atoms with Crippen molar-refractivity contribution in [2.45, 2.75) is 26.2 Å². The van der Waals surface area contributed by atoms with Crippen molar-refractivity contribution < 1.29 is 4.74 Å². The average Bonchev–Trinajstić information content (AvgIpc) is 2.53. The molecule has 0 aromatic heterocycles. The van der Waals surface area contributed by atoms with Crippen LogP contribution in [0.2, 0.25) is 0 Å². The highest BCUT2D eigenvalue weighted by molar-refractivity contribution is 14.0. The van der Waals surface area contributed by atoms with Gasteiger partial charge in [-0.3, -0.25) is 4.99 Å². The molecule has 1 aromatic rings. The quantitative estimate of drug-likeness (QED) is 0.275. The highest BCUT2D eigenvalue weighted by Crippen LogP contribution is 2.26. The van der Waals surface area contributed by atoms with Crippen LogP contribution in [0, 0.1) is 0 Å². The van der Waals surface area contributed by atoms with Crippen LogP contribution in [0.3, 0.4) is 0 Å². The molecule has 0 bridgehead atoms. The van der Waals surface area contributed by atoms with Gasteiger partial charge in [0.15, 0.2) is 5.96 Å². The highest BCUT2D eigenvalue weighted by Gasteiger charge is 2.21. The van der Waals surface area contributed by atoms with Crippen molar-refractivity contribution in [2.24, 2.45) is 4.99 Å². The number of rotatable bonds is 8. The summed E-state index contributed by atoms with van der Waals surface area (Å²) in [4.78, 5) is 4.73. The first kappa shape index (κ1) is 22.4. The number of benzene rings is 1. The lowest BCUT2D eigenvalue weighted by atomic mass is 9.85. The van der Waals surface area contributed by atoms with Gasteiger partial charge in [-0.1, -0.05) is 26.0 Å². The molecule has 1 rings (SSSR count). The topological polar surface area (TPSA) is 45.7 Å². The molecule has 0 aliphatic heterocycles. The third kappa shape index (κ3) is 8.15. The summed E-state index contributed by atoms with van der Waals surface area (Å²) in [5.74, 6) is 2.84. The second-order valence-electron chi connectivity index (χ2n) is 5.73. The van der Waals surface area contributed by atoms with Crippen LogP contribution in [0.25, 0.3) is 0 Å². The van der Waals surface area contributed by atoms with Crippen LogP contribution < -0.4 is 15.4 Å². The third-order valence-electron chi connectivity index (χ3n) is 3.43. The lowest BCUT2D eigenvalue weighted by molar-refractivity contribution is 0.412. The van der Waals surface area contributed by atoms with E-state index in [1.54, 1.807) is 7.11 Å². The van der Waals surface area contributed by atoms with E-state index in [-0.39, 0.29) is 29.4 Å². The SMILES string of the molecule is CCNC(=NCC(C)(C)c1cccc(OC)c1)NCCSC.I. The van der Waals surface area contributed by atoms with Gasteiger partial charge in [0, 0.05) is 24.3 Å². The Kier molecular flexibility index (Phi) is 11.5. The fourth-order valence-electron chi connectivity index (χ4n) is 2.03. The van der Waals surface area contributed by atoms with Crippen molar-refractivity contribution in [1.82, 2.24) is 10.6 Å². The zero-order valence-electron chi connectivity index (χ0n) is 14.8. The maximum Gasteiger partial charge on any atom is 0.191 e. The Morgan fingerprint density at radius 1 is 1.30 bits per heavy atom. The largest absolute Gasteiger partial charge is 0.497 e. The van der Waals surface area contributed by atoms with E-state index in [1.807, 2.05) is 23.9 Å². The molecule has 2 N–H and O–H groups in total. The monoisotopic (exact) mass is 451 g/mol. The lowest BCUT2D eigenvalue weighted by Crippen LogP contribution is -2.39. The number of methoxy groups -OCH3 is 1. The minimum Gasteiger partial charge on any atom is -0.497 e. The molecule has 1 aromatic carbocycles. The van der Waals surface area contributed by atoms with Gasteiger partial charge in [0.25, 0.3) is 0 Å². The zero-order chi connectivity index (χ0) is 16.4. The van der Waals surface area contributed by atoms with Crippen molar-refractivity contribution in [3.05, 3.63) is 29.8 Å². The molecule has 132 valence electrons. The van der Waals surface area contributed by atoms with E-state index >= 15 is 0 Å². The number of guanidine groups is 1. The molecule has 0 heterocycles. The van der Waals surface area contributed by atoms with Crippen molar-refractivity contribution in [1.29, 1.82) is 0 Å². The molecular formula is C17H30IN3OS. The lowest BCUT2D eigenvalue weighted by Gasteiger charge is -2.24. The molecule has 0 saturated heterocycles. The molecule has 0 spiro atoms. The average molecular weight is 451 g/mol. The van der Waals surface area contributed by atoms with Crippen molar-refractivity contribution in [3.8, 4) is 5.75 Å². The summed E-state index contributed by atoms with van der Waals surface area (Å²) in [7, 11) is 1.70. The maximum atomic E-state index is 5.32. The van der Waals surface area contributed by atoms with Crippen LogP contribution in [-0.4, -0.2) is 44.7 Å². The number of hydrogen-bond donors (Lipinski definition) is 2. The first-order valence-electron chi connectivity index (χ1n) is 7.69. The Hall–Kier alpha value is -0.630. The fourth-order valence-corrected chi connectivity index (χ4v) is 2.33. The number of ether oxygens (including phenoxy) is 1. The van der Waals surface area contributed by atoms with Crippen LogP contribution >= 0.6 is 35.7 Å². The normalized spacial score (nSPS) is 11.6. The molecule has 0 radical (unpaired) electrons. The molecule has 0 aliphatic carbocycles. The van der Waals surface area contributed by atoms with E-state index in [0.29, 0.717) is 0 Å². The maximum absolute atomic E-state index is 5.32. The molecule has 6 heteroatoms. The molecule has 4 nitrogen and oxygen atoms in total. The molecule has 0 aliphatic rings.